The van der Waals surface area contributed by atoms with Crippen molar-refractivity contribution in [3.8, 4) is 11.5 Å². The Morgan fingerprint density at radius 2 is 1.41 bits per heavy atom. The molecule has 0 heterocycles. The van der Waals surface area contributed by atoms with E-state index in [0.29, 0.717) is 0 Å². The standard InChI is InChI=1S/C19H12Cl4O5S/c20-14-6-5-13(17(22)18(14)23)19(29(26,27)28,10-2-1-3-12(24)8-10)11-4-7-16(25)15(21)9-11/h1-9,24-25H,(H,26,27,28). The third kappa shape index (κ3) is 3.65. The lowest BCUT2D eigenvalue weighted by Gasteiger charge is -2.33. The molecule has 152 valence electrons. The van der Waals surface area contributed by atoms with Gasteiger partial charge in [-0.1, -0.05) is 70.7 Å². The van der Waals surface area contributed by atoms with Crippen LogP contribution in [0.25, 0.3) is 0 Å². The molecule has 0 aliphatic carbocycles. The highest BCUT2D eigenvalue weighted by molar-refractivity contribution is 7.87. The van der Waals surface area contributed by atoms with E-state index in [2.05, 4.69) is 0 Å². The highest BCUT2D eigenvalue weighted by Gasteiger charge is 2.50. The van der Waals surface area contributed by atoms with Crippen LogP contribution in [0.2, 0.25) is 20.1 Å². The smallest absolute Gasteiger partial charge is 0.283 e. The average Bonchev–Trinajstić information content (AvgIpc) is 2.64. The van der Waals surface area contributed by atoms with Gasteiger partial charge in [-0.15, -0.1) is 0 Å². The first-order valence-corrected chi connectivity index (χ1v) is 10.8. The van der Waals surface area contributed by atoms with Crippen molar-refractivity contribution in [2.24, 2.45) is 0 Å². The third-order valence-corrected chi connectivity index (χ3v) is 7.47. The summed E-state index contributed by atoms with van der Waals surface area (Å²) in [6.45, 7) is 0. The minimum Gasteiger partial charge on any atom is -0.508 e. The summed E-state index contributed by atoms with van der Waals surface area (Å²) in [5.41, 5.74) is -0.209. The number of hydrogen-bond acceptors (Lipinski definition) is 4. The zero-order chi connectivity index (χ0) is 21.6. The number of aromatic hydroxyl groups is 2. The molecule has 3 rings (SSSR count). The van der Waals surface area contributed by atoms with Crippen molar-refractivity contribution in [1.82, 2.24) is 0 Å². The molecule has 29 heavy (non-hydrogen) atoms. The first-order valence-electron chi connectivity index (χ1n) is 7.89. The Morgan fingerprint density at radius 3 is 2.00 bits per heavy atom. The second kappa shape index (κ2) is 7.87. The fraction of sp³-hybridized carbons (Fsp3) is 0.0526. The molecular weight excluding hydrogens is 482 g/mol. The summed E-state index contributed by atoms with van der Waals surface area (Å²) in [7, 11) is -5.02. The van der Waals surface area contributed by atoms with Gasteiger partial charge in [-0.05, 0) is 41.5 Å². The molecular formula is C19H12Cl4O5S. The summed E-state index contributed by atoms with van der Waals surface area (Å²) >= 11 is 24.5. The van der Waals surface area contributed by atoms with Gasteiger partial charge in [0, 0.05) is 5.56 Å². The van der Waals surface area contributed by atoms with E-state index in [1.165, 1.54) is 48.5 Å². The van der Waals surface area contributed by atoms with Gasteiger partial charge in [0.05, 0.1) is 20.1 Å². The first kappa shape index (κ1) is 22.0. The van der Waals surface area contributed by atoms with Gasteiger partial charge in [0.2, 0.25) is 0 Å². The summed E-state index contributed by atoms with van der Waals surface area (Å²) in [5.74, 6) is -0.549. The van der Waals surface area contributed by atoms with Crippen LogP contribution in [-0.4, -0.2) is 23.2 Å². The molecule has 1 unspecified atom stereocenters. The van der Waals surface area contributed by atoms with Crippen molar-refractivity contribution >= 4 is 56.5 Å². The fourth-order valence-electron chi connectivity index (χ4n) is 3.16. The summed E-state index contributed by atoms with van der Waals surface area (Å²) in [4.78, 5) is 0. The van der Waals surface area contributed by atoms with Crippen molar-refractivity contribution in [3.05, 3.63) is 91.4 Å². The van der Waals surface area contributed by atoms with Crippen LogP contribution >= 0.6 is 46.4 Å². The van der Waals surface area contributed by atoms with Crippen LogP contribution in [0.4, 0.5) is 0 Å². The van der Waals surface area contributed by atoms with Crippen molar-refractivity contribution in [1.29, 1.82) is 0 Å². The molecule has 0 saturated heterocycles. The summed E-state index contributed by atoms with van der Waals surface area (Å²) in [6.07, 6.45) is 0. The fourth-order valence-corrected chi connectivity index (χ4v) is 5.37. The maximum absolute atomic E-state index is 12.9. The topological polar surface area (TPSA) is 94.8 Å². The Kier molecular flexibility index (Phi) is 5.98. The predicted octanol–water partition coefficient (Wildman–Crippen LogP) is 5.89. The first-order chi connectivity index (χ1) is 13.5. The number of phenols is 2. The van der Waals surface area contributed by atoms with E-state index >= 15 is 0 Å². The molecule has 0 aliphatic rings. The van der Waals surface area contributed by atoms with Gasteiger partial charge in [-0.3, -0.25) is 4.55 Å². The molecule has 0 amide bonds. The highest BCUT2D eigenvalue weighted by Crippen LogP contribution is 2.50. The number of phenolic OH excluding ortho intramolecular Hbond substituents is 2. The number of hydrogen-bond donors (Lipinski definition) is 3. The summed E-state index contributed by atoms with van der Waals surface area (Å²) < 4.78 is 34.0. The van der Waals surface area contributed by atoms with Gasteiger partial charge in [0.1, 0.15) is 11.5 Å². The van der Waals surface area contributed by atoms with Crippen LogP contribution in [0.5, 0.6) is 11.5 Å². The van der Waals surface area contributed by atoms with Crippen LogP contribution in [0.15, 0.2) is 54.6 Å². The van der Waals surface area contributed by atoms with E-state index in [-0.39, 0.29) is 48.3 Å². The zero-order valence-electron chi connectivity index (χ0n) is 14.3. The molecule has 0 fully saturated rings. The lowest BCUT2D eigenvalue weighted by atomic mass is 9.83. The van der Waals surface area contributed by atoms with Crippen LogP contribution in [0.3, 0.4) is 0 Å². The van der Waals surface area contributed by atoms with Gasteiger partial charge >= 0.3 is 0 Å². The average molecular weight is 494 g/mol. The number of benzene rings is 3. The minimum atomic E-state index is -5.02. The molecule has 5 nitrogen and oxygen atoms in total. The number of halogens is 4. The molecule has 0 saturated carbocycles. The number of rotatable bonds is 4. The molecule has 0 bridgehead atoms. The Bertz CT molecular complexity index is 1210. The van der Waals surface area contributed by atoms with Crippen LogP contribution in [0, 0.1) is 0 Å². The van der Waals surface area contributed by atoms with Crippen molar-refractivity contribution in [2.75, 3.05) is 0 Å². The monoisotopic (exact) mass is 492 g/mol. The van der Waals surface area contributed by atoms with Gasteiger partial charge < -0.3 is 10.2 Å². The van der Waals surface area contributed by atoms with Crippen molar-refractivity contribution < 1.29 is 23.2 Å². The van der Waals surface area contributed by atoms with Gasteiger partial charge in [0.25, 0.3) is 10.1 Å². The Morgan fingerprint density at radius 1 is 0.759 bits per heavy atom. The molecule has 0 radical (unpaired) electrons. The second-order valence-corrected chi connectivity index (χ2v) is 9.23. The molecule has 3 N–H and O–H groups in total. The Balaban J connectivity index is 2.58. The molecule has 3 aromatic carbocycles. The molecule has 0 aromatic heterocycles. The lowest BCUT2D eigenvalue weighted by Crippen LogP contribution is -2.38. The SMILES string of the molecule is O=S(=O)(O)C(c1cccc(O)c1)(c1ccc(O)c(Cl)c1)c1ccc(Cl)c(Cl)c1Cl. The molecule has 10 heteroatoms. The maximum Gasteiger partial charge on any atom is 0.283 e. The van der Waals surface area contributed by atoms with E-state index in [4.69, 9.17) is 46.4 Å². The van der Waals surface area contributed by atoms with E-state index in [9.17, 15) is 23.2 Å². The van der Waals surface area contributed by atoms with Gasteiger partial charge in [0.15, 0.2) is 4.75 Å². The Hall–Kier alpha value is -1.67. The molecule has 3 aromatic rings. The van der Waals surface area contributed by atoms with Gasteiger partial charge in [-0.25, -0.2) is 0 Å². The van der Waals surface area contributed by atoms with Crippen LogP contribution in [0.1, 0.15) is 16.7 Å². The third-order valence-electron chi connectivity index (χ3n) is 4.41. The van der Waals surface area contributed by atoms with E-state index < -0.39 is 14.9 Å². The minimum absolute atomic E-state index is 0.0398. The van der Waals surface area contributed by atoms with E-state index in [1.54, 1.807) is 0 Å². The molecule has 0 spiro atoms. The molecule has 0 aliphatic heterocycles. The molecule has 1 atom stereocenters. The Labute approximate surface area is 186 Å². The maximum atomic E-state index is 12.9. The predicted molar refractivity (Wildman–Crippen MR) is 114 cm³/mol. The quantitative estimate of drug-likeness (QED) is 0.239. The van der Waals surface area contributed by atoms with Gasteiger partial charge in [-0.2, -0.15) is 8.42 Å². The summed E-state index contributed by atoms with van der Waals surface area (Å²) in [6, 6.07) is 11.5. The largest absolute Gasteiger partial charge is 0.508 e. The van der Waals surface area contributed by atoms with Crippen LogP contribution < -0.4 is 0 Å². The van der Waals surface area contributed by atoms with E-state index in [0.717, 1.165) is 6.07 Å². The summed E-state index contributed by atoms with van der Waals surface area (Å²) in [5, 5.41) is 19.3. The highest BCUT2D eigenvalue weighted by atomic mass is 35.5. The normalized spacial score (nSPS) is 13.8. The van der Waals surface area contributed by atoms with Crippen LogP contribution in [-0.2, 0) is 14.9 Å². The van der Waals surface area contributed by atoms with E-state index in [1.807, 2.05) is 0 Å². The second-order valence-electron chi connectivity index (χ2n) is 6.10. The zero-order valence-corrected chi connectivity index (χ0v) is 18.1. The lowest BCUT2D eigenvalue weighted by molar-refractivity contribution is 0.455. The van der Waals surface area contributed by atoms with Crippen molar-refractivity contribution in [3.63, 3.8) is 0 Å². The van der Waals surface area contributed by atoms with Crippen molar-refractivity contribution in [2.45, 2.75) is 4.75 Å².